The van der Waals surface area contributed by atoms with Crippen molar-refractivity contribution in [3.8, 4) is 11.1 Å². The summed E-state index contributed by atoms with van der Waals surface area (Å²) in [5.41, 5.74) is 0.567. The second-order valence-electron chi connectivity index (χ2n) is 4.83. The van der Waals surface area contributed by atoms with Gasteiger partial charge in [-0.2, -0.15) is 0 Å². The van der Waals surface area contributed by atoms with Gasteiger partial charge in [0, 0.05) is 0 Å². The summed E-state index contributed by atoms with van der Waals surface area (Å²) >= 11 is 0. The van der Waals surface area contributed by atoms with Crippen LogP contribution in [0, 0.1) is 30.3 Å². The van der Waals surface area contributed by atoms with Crippen molar-refractivity contribution >= 4 is 17.1 Å². The van der Waals surface area contributed by atoms with Crippen LogP contribution >= 0.6 is 0 Å². The van der Waals surface area contributed by atoms with Crippen molar-refractivity contribution in [1.82, 2.24) is 0 Å². The molecule has 1 aromatic rings. The van der Waals surface area contributed by atoms with Crippen molar-refractivity contribution < 1.29 is 14.8 Å². The Labute approximate surface area is 140 Å². The third-order valence-corrected chi connectivity index (χ3v) is 3.18. The number of nitro groups is 3. The molecule has 126 valence electrons. The maximum atomic E-state index is 10.3. The highest BCUT2D eigenvalue weighted by atomic mass is 16.6. The van der Waals surface area contributed by atoms with Gasteiger partial charge in [-0.15, -0.1) is 0 Å². The minimum atomic E-state index is -0.931. The zero-order valence-corrected chi connectivity index (χ0v) is 12.6. The van der Waals surface area contributed by atoms with Crippen molar-refractivity contribution in [1.29, 1.82) is 0 Å². The fourth-order valence-corrected chi connectivity index (χ4v) is 2.03. The van der Waals surface area contributed by atoms with E-state index in [1.807, 2.05) is 6.07 Å². The molecule has 0 aromatic heterocycles. The molecular weight excluding hydrogens is 330 g/mol. The summed E-state index contributed by atoms with van der Waals surface area (Å²) in [6.45, 7) is 0. The largest absolute Gasteiger partial charge is 0.283 e. The molecule has 3 rings (SSSR count). The molecule has 0 saturated heterocycles. The number of fused-ring (bicyclic) bond motifs is 1. The van der Waals surface area contributed by atoms with E-state index in [9.17, 15) is 30.3 Å². The van der Waals surface area contributed by atoms with Crippen molar-refractivity contribution in [3.63, 3.8) is 0 Å². The average molecular weight is 341 g/mol. The molecule has 0 radical (unpaired) electrons. The molecule has 25 heavy (non-hydrogen) atoms. The number of non-ortho nitro benzene ring substituents is 3. The fraction of sp³-hybridized carbons (Fsp3) is 0. The highest BCUT2D eigenvalue weighted by Gasteiger charge is 2.21. The molecule has 2 aliphatic rings. The molecule has 2 aliphatic carbocycles. The topological polar surface area (TPSA) is 129 Å². The molecule has 0 unspecified atom stereocenters. The molecule has 0 saturated carbocycles. The summed E-state index contributed by atoms with van der Waals surface area (Å²) in [5.74, 6) is 0. The van der Waals surface area contributed by atoms with E-state index in [1.165, 1.54) is 11.1 Å². The fourth-order valence-electron chi connectivity index (χ4n) is 2.03. The van der Waals surface area contributed by atoms with Crippen molar-refractivity contribution in [2.24, 2.45) is 0 Å². The lowest BCUT2D eigenvalue weighted by Gasteiger charge is -1.93. The van der Waals surface area contributed by atoms with Gasteiger partial charge in [-0.05, 0) is 11.1 Å². The Morgan fingerprint density at radius 1 is 0.520 bits per heavy atom. The zero-order chi connectivity index (χ0) is 18.4. The van der Waals surface area contributed by atoms with Crippen molar-refractivity contribution in [2.45, 2.75) is 0 Å². The summed E-state index contributed by atoms with van der Waals surface area (Å²) in [6.07, 6.45) is 0. The van der Waals surface area contributed by atoms with Gasteiger partial charge in [-0.3, -0.25) is 30.3 Å². The first-order valence-corrected chi connectivity index (χ1v) is 6.90. The van der Waals surface area contributed by atoms with Gasteiger partial charge in [0.05, 0.1) is 33.0 Å². The number of hydrogen-bond donors (Lipinski definition) is 0. The Kier molecular flexibility index (Phi) is 5.31. The van der Waals surface area contributed by atoms with Crippen LogP contribution in [0.1, 0.15) is 0 Å². The van der Waals surface area contributed by atoms with Crippen molar-refractivity contribution in [2.75, 3.05) is 0 Å². The lowest BCUT2D eigenvalue weighted by molar-refractivity contribution is -0.403. The molecule has 9 nitrogen and oxygen atoms in total. The van der Waals surface area contributed by atoms with Crippen LogP contribution < -0.4 is 0 Å². The summed E-state index contributed by atoms with van der Waals surface area (Å²) in [4.78, 5) is 28.1. The Morgan fingerprint density at radius 2 is 0.840 bits per heavy atom. The number of rotatable bonds is 3. The highest BCUT2D eigenvalue weighted by molar-refractivity contribution is 5.65. The Morgan fingerprint density at radius 3 is 1.16 bits per heavy atom. The first kappa shape index (κ1) is 17.5. The van der Waals surface area contributed by atoms with Crippen LogP contribution in [0.15, 0.2) is 66.7 Å². The summed E-state index contributed by atoms with van der Waals surface area (Å²) in [5, 5.41) is 30.9. The van der Waals surface area contributed by atoms with Crippen LogP contribution in [0.5, 0.6) is 0 Å². The summed E-state index contributed by atoms with van der Waals surface area (Å²) in [7, 11) is 0. The minimum Gasteiger partial charge on any atom is -0.258 e. The molecule has 0 aliphatic heterocycles. The van der Waals surface area contributed by atoms with Crippen molar-refractivity contribution in [3.05, 3.63) is 97.1 Å². The number of hydrogen-bond acceptors (Lipinski definition) is 6. The van der Waals surface area contributed by atoms with Gasteiger partial charge < -0.3 is 0 Å². The second kappa shape index (κ2) is 7.59. The number of nitrogens with zero attached hydrogens (tertiary/aromatic N) is 3. The maximum Gasteiger partial charge on any atom is 0.283 e. The van der Waals surface area contributed by atoms with Gasteiger partial charge >= 0.3 is 0 Å². The van der Waals surface area contributed by atoms with Crippen LogP contribution in [-0.4, -0.2) is 14.8 Å². The molecule has 0 atom stereocenters. The average Bonchev–Trinajstić information content (AvgIpc) is 2.91. The van der Waals surface area contributed by atoms with E-state index in [0.29, 0.717) is 18.2 Å². The molecule has 1 aromatic carbocycles. The third-order valence-electron chi connectivity index (χ3n) is 3.18. The standard InChI is InChI=1S/C10H8.C6H3N3O6/c1-2-5-9-7-4-8-10(9)6-3-1;10-7(11)4-1-5(8(12)13)3-6(2-4)9(14)15/h1-8H;1-3H. The van der Waals surface area contributed by atoms with E-state index in [1.54, 1.807) is 0 Å². The highest BCUT2D eigenvalue weighted by Crippen LogP contribution is 2.26. The number of nitro benzene ring substituents is 3. The molecule has 0 spiro atoms. The van der Waals surface area contributed by atoms with Gasteiger partial charge in [0.1, 0.15) is 0 Å². The van der Waals surface area contributed by atoms with E-state index in [0.717, 1.165) is 0 Å². The normalized spacial score (nSPS) is 9.76. The molecule has 0 heterocycles. The molecule has 0 bridgehead atoms. The Hall–Kier alpha value is -3.88. The first-order valence-electron chi connectivity index (χ1n) is 6.90. The summed E-state index contributed by atoms with van der Waals surface area (Å²) < 4.78 is 0. The van der Waals surface area contributed by atoms with E-state index >= 15 is 0 Å². The molecule has 0 amide bonds. The van der Waals surface area contributed by atoms with Gasteiger partial charge in [-0.1, -0.05) is 48.5 Å². The molecule has 0 N–H and O–H groups in total. The smallest absolute Gasteiger partial charge is 0.258 e. The monoisotopic (exact) mass is 341 g/mol. The molecular formula is C16H11N3O6. The van der Waals surface area contributed by atoms with Crippen LogP contribution in [0.4, 0.5) is 17.1 Å². The summed E-state index contributed by atoms with van der Waals surface area (Å²) in [6, 6.07) is 18.7. The van der Waals surface area contributed by atoms with E-state index in [2.05, 4.69) is 42.5 Å². The first-order chi connectivity index (χ1) is 11.9. The van der Waals surface area contributed by atoms with Gasteiger partial charge in [0.15, 0.2) is 0 Å². The van der Waals surface area contributed by atoms with E-state index in [-0.39, 0.29) is 0 Å². The molecule has 0 fully saturated rings. The number of benzene rings is 1. The Bertz CT molecular complexity index is 805. The van der Waals surface area contributed by atoms with Gasteiger partial charge in [-0.25, -0.2) is 0 Å². The predicted octanol–water partition coefficient (Wildman–Crippen LogP) is 4.20. The van der Waals surface area contributed by atoms with Crippen LogP contribution in [0.2, 0.25) is 0 Å². The lowest BCUT2D eigenvalue weighted by atomic mass is 10.2. The Balaban J connectivity index is 0.000000194. The lowest BCUT2D eigenvalue weighted by Crippen LogP contribution is -1.96. The van der Waals surface area contributed by atoms with E-state index in [4.69, 9.17) is 0 Å². The van der Waals surface area contributed by atoms with Gasteiger partial charge in [0.2, 0.25) is 0 Å². The maximum absolute atomic E-state index is 10.3. The predicted molar refractivity (Wildman–Crippen MR) is 89.5 cm³/mol. The quantitative estimate of drug-likeness (QED) is 0.518. The zero-order valence-electron chi connectivity index (χ0n) is 12.6. The van der Waals surface area contributed by atoms with Gasteiger partial charge in [0.25, 0.3) is 17.1 Å². The second-order valence-corrected chi connectivity index (χ2v) is 4.83. The van der Waals surface area contributed by atoms with Crippen LogP contribution in [0.25, 0.3) is 11.1 Å². The third kappa shape index (κ3) is 4.55. The van der Waals surface area contributed by atoms with Crippen LogP contribution in [-0.2, 0) is 0 Å². The van der Waals surface area contributed by atoms with E-state index < -0.39 is 31.8 Å². The minimum absolute atomic E-state index is 0.660. The van der Waals surface area contributed by atoms with Crippen LogP contribution in [0.3, 0.4) is 0 Å². The SMILES string of the molecule is O=[N+]([O-])c1cc([N+](=O)[O-])cc([N+](=O)[O-])c1.c1ccc2cccc-2cc1. The molecule has 9 heteroatoms.